The molecule has 0 saturated carbocycles. The molecule has 2 rings (SSSR count). The van der Waals surface area contributed by atoms with E-state index in [-0.39, 0.29) is 15.9 Å². The second kappa shape index (κ2) is 6.13. The molecule has 1 aromatic carbocycles. The lowest BCUT2D eigenvalue weighted by Gasteiger charge is -2.33. The zero-order chi connectivity index (χ0) is 15.5. The number of carboxylic acids is 1. The minimum absolute atomic E-state index is 0.0296. The van der Waals surface area contributed by atoms with Crippen molar-refractivity contribution in [1.82, 2.24) is 4.72 Å². The largest absolute Gasteiger partial charge is 0.478 e. The first kappa shape index (κ1) is 15.9. The first-order valence-electron chi connectivity index (χ1n) is 6.73. The van der Waals surface area contributed by atoms with Crippen LogP contribution in [0.15, 0.2) is 29.2 Å². The van der Waals surface area contributed by atoms with Crippen LogP contribution in [-0.2, 0) is 14.8 Å². The van der Waals surface area contributed by atoms with Crippen molar-refractivity contribution < 1.29 is 23.1 Å². The highest BCUT2D eigenvalue weighted by molar-refractivity contribution is 7.89. The summed E-state index contributed by atoms with van der Waals surface area (Å²) in [6.07, 6.45) is 1.59. The molecule has 21 heavy (non-hydrogen) atoms. The van der Waals surface area contributed by atoms with Crippen molar-refractivity contribution in [3.8, 4) is 0 Å². The molecule has 0 aliphatic carbocycles. The zero-order valence-corrected chi connectivity index (χ0v) is 12.6. The Balaban J connectivity index is 2.11. The van der Waals surface area contributed by atoms with E-state index < -0.39 is 16.0 Å². The Hall–Kier alpha value is -1.44. The molecule has 0 atom stereocenters. The summed E-state index contributed by atoms with van der Waals surface area (Å²) in [6, 6.07) is 5.34. The van der Waals surface area contributed by atoms with Crippen LogP contribution < -0.4 is 4.72 Å². The quantitative estimate of drug-likeness (QED) is 0.859. The summed E-state index contributed by atoms with van der Waals surface area (Å²) in [7, 11) is -3.71. The molecule has 2 N–H and O–H groups in total. The zero-order valence-electron chi connectivity index (χ0n) is 11.8. The van der Waals surface area contributed by atoms with Crippen LogP contribution in [0.25, 0.3) is 0 Å². The van der Waals surface area contributed by atoms with Crippen molar-refractivity contribution in [3.05, 3.63) is 29.8 Å². The Morgan fingerprint density at radius 3 is 2.67 bits per heavy atom. The van der Waals surface area contributed by atoms with Gasteiger partial charge in [0, 0.05) is 19.8 Å². The minimum atomic E-state index is -3.71. The number of sulfonamides is 1. The summed E-state index contributed by atoms with van der Waals surface area (Å²) >= 11 is 0. The summed E-state index contributed by atoms with van der Waals surface area (Å²) in [4.78, 5) is 10.9. The fourth-order valence-corrected chi connectivity index (χ4v) is 3.43. The summed E-state index contributed by atoms with van der Waals surface area (Å²) in [5.74, 6) is -1.15. The lowest BCUT2D eigenvalue weighted by atomic mass is 9.83. The molecule has 6 nitrogen and oxygen atoms in total. The fourth-order valence-electron chi connectivity index (χ4n) is 2.19. The van der Waals surface area contributed by atoms with Gasteiger partial charge in [-0.15, -0.1) is 0 Å². The Bertz CT molecular complexity index is 620. The van der Waals surface area contributed by atoms with Gasteiger partial charge in [0.1, 0.15) is 0 Å². The molecule has 0 bridgehead atoms. The minimum Gasteiger partial charge on any atom is -0.478 e. The first-order chi connectivity index (χ1) is 9.82. The normalized spacial score (nSPS) is 18.3. The number of ether oxygens (including phenoxy) is 1. The maximum Gasteiger partial charge on any atom is 0.335 e. The van der Waals surface area contributed by atoms with Crippen molar-refractivity contribution in [2.75, 3.05) is 19.8 Å². The Morgan fingerprint density at radius 2 is 2.05 bits per heavy atom. The van der Waals surface area contributed by atoms with Crippen molar-refractivity contribution in [1.29, 1.82) is 0 Å². The average Bonchev–Trinajstić information content (AvgIpc) is 2.46. The highest BCUT2D eigenvalue weighted by atomic mass is 32.2. The van der Waals surface area contributed by atoms with E-state index in [1.807, 2.05) is 6.92 Å². The molecule has 116 valence electrons. The third-order valence-electron chi connectivity index (χ3n) is 3.78. The Labute approximate surface area is 124 Å². The molecule has 0 radical (unpaired) electrons. The van der Waals surface area contributed by atoms with Crippen LogP contribution in [-0.4, -0.2) is 39.3 Å². The number of nitrogens with one attached hydrogen (secondary N) is 1. The molecular formula is C14H19NO5S. The average molecular weight is 313 g/mol. The molecule has 0 spiro atoms. The van der Waals surface area contributed by atoms with Crippen molar-refractivity contribution >= 4 is 16.0 Å². The fraction of sp³-hybridized carbons (Fsp3) is 0.500. The van der Waals surface area contributed by atoms with Gasteiger partial charge in [0.05, 0.1) is 10.5 Å². The van der Waals surface area contributed by atoms with E-state index in [2.05, 4.69) is 4.72 Å². The van der Waals surface area contributed by atoms with E-state index in [4.69, 9.17) is 9.84 Å². The van der Waals surface area contributed by atoms with Gasteiger partial charge in [-0.25, -0.2) is 17.9 Å². The predicted octanol–water partition coefficient (Wildman–Crippen LogP) is 1.48. The van der Waals surface area contributed by atoms with Crippen LogP contribution in [0.1, 0.15) is 30.1 Å². The number of benzene rings is 1. The van der Waals surface area contributed by atoms with Crippen LogP contribution in [0, 0.1) is 5.41 Å². The predicted molar refractivity (Wildman–Crippen MR) is 76.7 cm³/mol. The maximum atomic E-state index is 12.3. The van der Waals surface area contributed by atoms with Crippen LogP contribution in [0.4, 0.5) is 0 Å². The molecule has 1 heterocycles. The van der Waals surface area contributed by atoms with Gasteiger partial charge in [0.2, 0.25) is 10.0 Å². The number of carbonyl (C=O) groups is 1. The summed E-state index contributed by atoms with van der Waals surface area (Å²) in [6.45, 7) is 3.60. The van der Waals surface area contributed by atoms with Crippen LogP contribution in [0.2, 0.25) is 0 Å². The van der Waals surface area contributed by atoms with Crippen LogP contribution >= 0.6 is 0 Å². The summed E-state index contributed by atoms with van der Waals surface area (Å²) in [5.41, 5.74) is -0.175. The number of carboxylic acid groups (broad SMARTS) is 1. The second-order valence-electron chi connectivity index (χ2n) is 5.58. The second-order valence-corrected chi connectivity index (χ2v) is 7.35. The SMILES string of the molecule is CC1(CNS(=O)(=O)c2cccc(C(=O)O)c2)CCOCC1. The third-order valence-corrected chi connectivity index (χ3v) is 5.18. The molecule has 1 aliphatic heterocycles. The lowest BCUT2D eigenvalue weighted by Crippen LogP contribution is -2.39. The van der Waals surface area contributed by atoms with E-state index in [0.29, 0.717) is 19.8 Å². The highest BCUT2D eigenvalue weighted by Crippen LogP contribution is 2.29. The van der Waals surface area contributed by atoms with Gasteiger partial charge in [-0.3, -0.25) is 0 Å². The van der Waals surface area contributed by atoms with Crippen LogP contribution in [0.3, 0.4) is 0 Å². The Kier molecular flexibility index (Phi) is 4.65. The molecule has 1 aliphatic rings. The van der Waals surface area contributed by atoms with Crippen molar-refractivity contribution in [2.24, 2.45) is 5.41 Å². The van der Waals surface area contributed by atoms with E-state index in [1.165, 1.54) is 18.2 Å². The van der Waals surface area contributed by atoms with Gasteiger partial charge >= 0.3 is 5.97 Å². The molecule has 1 saturated heterocycles. The van der Waals surface area contributed by atoms with Crippen molar-refractivity contribution in [2.45, 2.75) is 24.7 Å². The lowest BCUT2D eigenvalue weighted by molar-refractivity contribution is 0.0264. The molecule has 1 fully saturated rings. The number of hydrogen-bond donors (Lipinski definition) is 2. The van der Waals surface area contributed by atoms with Gasteiger partial charge in [-0.05, 0) is 36.5 Å². The molecule has 7 heteroatoms. The maximum absolute atomic E-state index is 12.3. The highest BCUT2D eigenvalue weighted by Gasteiger charge is 2.29. The molecular weight excluding hydrogens is 294 g/mol. The number of rotatable bonds is 5. The summed E-state index contributed by atoms with van der Waals surface area (Å²) in [5, 5.41) is 8.92. The molecule has 0 unspecified atom stereocenters. The van der Waals surface area contributed by atoms with Crippen LogP contribution in [0.5, 0.6) is 0 Å². The number of aromatic carboxylic acids is 1. The van der Waals surface area contributed by atoms with Gasteiger partial charge in [-0.1, -0.05) is 13.0 Å². The van der Waals surface area contributed by atoms with E-state index in [9.17, 15) is 13.2 Å². The van der Waals surface area contributed by atoms with Crippen molar-refractivity contribution in [3.63, 3.8) is 0 Å². The topological polar surface area (TPSA) is 92.7 Å². The van der Waals surface area contributed by atoms with E-state index >= 15 is 0 Å². The Morgan fingerprint density at radius 1 is 1.38 bits per heavy atom. The standard InChI is InChI=1S/C14H19NO5S/c1-14(5-7-20-8-6-14)10-15-21(18,19)12-4-2-3-11(9-12)13(16)17/h2-4,9,15H,5-8,10H2,1H3,(H,16,17). The smallest absolute Gasteiger partial charge is 0.335 e. The number of hydrogen-bond acceptors (Lipinski definition) is 4. The molecule has 1 aromatic rings. The monoisotopic (exact) mass is 313 g/mol. The van der Waals surface area contributed by atoms with Gasteiger partial charge in [0.15, 0.2) is 0 Å². The van der Waals surface area contributed by atoms with E-state index in [1.54, 1.807) is 0 Å². The van der Waals surface area contributed by atoms with Gasteiger partial charge in [-0.2, -0.15) is 0 Å². The summed E-state index contributed by atoms with van der Waals surface area (Å²) < 4.78 is 32.4. The van der Waals surface area contributed by atoms with E-state index in [0.717, 1.165) is 18.9 Å². The first-order valence-corrected chi connectivity index (χ1v) is 8.22. The third kappa shape index (κ3) is 4.03. The molecule has 0 amide bonds. The van der Waals surface area contributed by atoms with Gasteiger partial charge in [0.25, 0.3) is 0 Å². The molecule has 0 aromatic heterocycles. The van der Waals surface area contributed by atoms with Gasteiger partial charge < -0.3 is 9.84 Å².